The Labute approximate surface area is 128 Å². The van der Waals surface area contributed by atoms with Crippen molar-refractivity contribution in [3.63, 3.8) is 0 Å². The normalized spacial score (nSPS) is 14.2. The average molecular weight is 321 g/mol. The van der Waals surface area contributed by atoms with E-state index in [4.69, 9.17) is 4.43 Å². The van der Waals surface area contributed by atoms with Crippen molar-refractivity contribution in [3.05, 3.63) is 12.7 Å². The Morgan fingerprint density at radius 3 is 2.42 bits per heavy atom. The first-order chi connectivity index (χ1) is 8.64. The van der Waals surface area contributed by atoms with E-state index in [2.05, 4.69) is 40.4 Å². The van der Waals surface area contributed by atoms with Gasteiger partial charge in [-0.3, -0.25) is 4.79 Å². The van der Waals surface area contributed by atoms with Gasteiger partial charge in [-0.25, -0.2) is 0 Å². The Morgan fingerprint density at radius 1 is 1.42 bits per heavy atom. The van der Waals surface area contributed by atoms with E-state index >= 15 is 0 Å². The van der Waals surface area contributed by atoms with E-state index < -0.39 is 8.32 Å². The first-order valence-electron chi connectivity index (χ1n) is 6.65. The molecule has 0 bridgehead atoms. The number of rotatable bonds is 7. The molecule has 0 aromatic carbocycles. The number of thioether (sulfide) groups is 2. The quantitative estimate of drug-likeness (QED) is 0.348. The summed E-state index contributed by atoms with van der Waals surface area (Å²) in [5, 5.41) is 0.469. The Morgan fingerprint density at radius 2 is 2.00 bits per heavy atom. The van der Waals surface area contributed by atoms with Crippen LogP contribution in [0.25, 0.3) is 0 Å². The zero-order valence-corrected chi connectivity index (χ0v) is 15.7. The molecule has 0 aliphatic carbocycles. The Bertz CT molecular complexity index is 298. The second kappa shape index (κ2) is 8.55. The van der Waals surface area contributed by atoms with Crippen molar-refractivity contribution in [1.82, 2.24) is 0 Å². The molecule has 0 aliphatic rings. The molecule has 0 heterocycles. The van der Waals surface area contributed by atoms with Crippen molar-refractivity contribution in [1.29, 1.82) is 0 Å². The van der Waals surface area contributed by atoms with E-state index in [1.807, 2.05) is 12.3 Å². The Kier molecular flexibility index (Phi) is 8.68. The van der Waals surface area contributed by atoms with Crippen LogP contribution in [0.3, 0.4) is 0 Å². The second-order valence-electron chi connectivity index (χ2n) is 6.10. The van der Waals surface area contributed by atoms with Gasteiger partial charge in [-0.2, -0.15) is 0 Å². The van der Waals surface area contributed by atoms with Gasteiger partial charge in [0.25, 0.3) is 0 Å². The zero-order valence-electron chi connectivity index (χ0n) is 13.1. The van der Waals surface area contributed by atoms with Gasteiger partial charge in [-0.1, -0.05) is 50.4 Å². The number of hydrogen-bond acceptors (Lipinski definition) is 4. The molecule has 0 aliphatic heterocycles. The molecule has 0 spiro atoms. The maximum atomic E-state index is 11.4. The van der Waals surface area contributed by atoms with Crippen molar-refractivity contribution < 1.29 is 9.22 Å². The standard InChI is InChI=1S/C14H28O2S2Si/c1-8-12(18-13(15)17-5)10-9-11-16-19(6,7)14(2,3)4/h8,12H,1,9-11H2,2-7H3. The van der Waals surface area contributed by atoms with E-state index in [0.717, 1.165) is 19.4 Å². The van der Waals surface area contributed by atoms with Crippen molar-refractivity contribution >= 4 is 36.3 Å². The molecule has 0 fully saturated rings. The van der Waals surface area contributed by atoms with Crippen LogP contribution >= 0.6 is 23.5 Å². The van der Waals surface area contributed by atoms with Crippen LogP contribution in [0.15, 0.2) is 12.7 Å². The SMILES string of the molecule is C=CC(CCCO[Si](C)(C)C(C)(C)C)SC(=O)SC. The van der Waals surface area contributed by atoms with Crippen LogP contribution in [0.5, 0.6) is 0 Å². The largest absolute Gasteiger partial charge is 0.417 e. The molecule has 0 saturated heterocycles. The maximum Gasteiger partial charge on any atom is 0.246 e. The molecule has 2 nitrogen and oxygen atoms in total. The third-order valence-electron chi connectivity index (χ3n) is 3.58. The zero-order chi connectivity index (χ0) is 15.1. The van der Waals surface area contributed by atoms with Crippen LogP contribution in [0.4, 0.5) is 4.79 Å². The summed E-state index contributed by atoms with van der Waals surface area (Å²) in [5.74, 6) is 0. The molecule has 5 heteroatoms. The van der Waals surface area contributed by atoms with Crippen LogP contribution < -0.4 is 0 Å². The summed E-state index contributed by atoms with van der Waals surface area (Å²) in [5.41, 5.74) is 0. The minimum atomic E-state index is -1.63. The molecule has 0 amide bonds. The molecule has 112 valence electrons. The third kappa shape index (κ3) is 7.59. The van der Waals surface area contributed by atoms with Gasteiger partial charge in [0.05, 0.1) is 0 Å². The van der Waals surface area contributed by atoms with Gasteiger partial charge < -0.3 is 4.43 Å². The van der Waals surface area contributed by atoms with E-state index in [9.17, 15) is 4.79 Å². The van der Waals surface area contributed by atoms with Gasteiger partial charge in [0.15, 0.2) is 8.32 Å². The fourth-order valence-corrected chi connectivity index (χ4v) is 3.70. The summed E-state index contributed by atoms with van der Waals surface area (Å²) in [6.45, 7) is 15.9. The summed E-state index contributed by atoms with van der Waals surface area (Å²) < 4.78 is 6.29. The maximum absolute atomic E-state index is 11.4. The topological polar surface area (TPSA) is 26.3 Å². The fraction of sp³-hybridized carbons (Fsp3) is 0.786. The Hall–Kier alpha value is 0.287. The van der Waals surface area contributed by atoms with Crippen LogP contribution in [-0.2, 0) is 4.43 Å². The summed E-state index contributed by atoms with van der Waals surface area (Å²) in [6, 6.07) is 0. The summed E-state index contributed by atoms with van der Waals surface area (Å²) in [6.07, 6.45) is 5.62. The fourth-order valence-electron chi connectivity index (χ4n) is 1.22. The van der Waals surface area contributed by atoms with Crippen LogP contribution in [0.1, 0.15) is 33.6 Å². The third-order valence-corrected chi connectivity index (χ3v) is 10.2. The van der Waals surface area contributed by atoms with Gasteiger partial charge in [0.2, 0.25) is 4.45 Å². The second-order valence-corrected chi connectivity index (χ2v) is 13.2. The highest BCUT2D eigenvalue weighted by molar-refractivity contribution is 8.38. The van der Waals surface area contributed by atoms with E-state index in [1.54, 1.807) is 0 Å². The van der Waals surface area contributed by atoms with Crippen LogP contribution in [0, 0.1) is 0 Å². The van der Waals surface area contributed by atoms with Crippen molar-refractivity contribution in [2.75, 3.05) is 12.9 Å². The molecule has 0 N–H and O–H groups in total. The van der Waals surface area contributed by atoms with Crippen molar-refractivity contribution in [3.8, 4) is 0 Å². The molecule has 0 aromatic heterocycles. The minimum Gasteiger partial charge on any atom is -0.417 e. The minimum absolute atomic E-state index is 0.162. The Balaban J connectivity index is 4.02. The molecule has 0 saturated carbocycles. The van der Waals surface area contributed by atoms with Gasteiger partial charge >= 0.3 is 0 Å². The molecule has 1 unspecified atom stereocenters. The van der Waals surface area contributed by atoms with Gasteiger partial charge in [-0.05, 0) is 37.2 Å². The molecule has 19 heavy (non-hydrogen) atoms. The highest BCUT2D eigenvalue weighted by Crippen LogP contribution is 2.36. The van der Waals surface area contributed by atoms with Gasteiger partial charge in [0.1, 0.15) is 0 Å². The lowest BCUT2D eigenvalue weighted by Crippen LogP contribution is -2.41. The molecule has 1 atom stereocenters. The lowest BCUT2D eigenvalue weighted by molar-refractivity contribution is 0.275. The van der Waals surface area contributed by atoms with Crippen molar-refractivity contribution in [2.24, 2.45) is 0 Å². The van der Waals surface area contributed by atoms with E-state index in [1.165, 1.54) is 23.5 Å². The summed E-state index contributed by atoms with van der Waals surface area (Å²) >= 11 is 2.64. The predicted octanol–water partition coefficient (Wildman–Crippen LogP) is 5.56. The first kappa shape index (κ1) is 19.3. The predicted molar refractivity (Wildman–Crippen MR) is 92.9 cm³/mol. The van der Waals surface area contributed by atoms with E-state index in [0.29, 0.717) is 0 Å². The lowest BCUT2D eigenvalue weighted by Gasteiger charge is -2.36. The summed E-state index contributed by atoms with van der Waals surface area (Å²) in [4.78, 5) is 11.4. The molecular formula is C14H28O2S2Si. The van der Waals surface area contributed by atoms with Gasteiger partial charge in [-0.15, -0.1) is 6.58 Å². The van der Waals surface area contributed by atoms with Crippen molar-refractivity contribution in [2.45, 2.75) is 57.0 Å². The van der Waals surface area contributed by atoms with Gasteiger partial charge in [0, 0.05) is 11.9 Å². The lowest BCUT2D eigenvalue weighted by atomic mass is 10.2. The number of carbonyl (C=O) groups excluding carboxylic acids is 1. The number of carbonyl (C=O) groups is 1. The summed E-state index contributed by atoms with van der Waals surface area (Å²) in [7, 11) is -1.63. The first-order valence-corrected chi connectivity index (χ1v) is 11.7. The highest BCUT2D eigenvalue weighted by atomic mass is 32.2. The van der Waals surface area contributed by atoms with E-state index in [-0.39, 0.29) is 14.7 Å². The molecule has 0 radical (unpaired) electrons. The smallest absolute Gasteiger partial charge is 0.246 e. The van der Waals surface area contributed by atoms with Crippen LogP contribution in [-0.4, -0.2) is 30.9 Å². The molecule has 0 aromatic rings. The number of hydrogen-bond donors (Lipinski definition) is 0. The molecule has 0 rings (SSSR count). The monoisotopic (exact) mass is 320 g/mol. The molecular weight excluding hydrogens is 292 g/mol. The highest BCUT2D eigenvalue weighted by Gasteiger charge is 2.36. The van der Waals surface area contributed by atoms with Crippen LogP contribution in [0.2, 0.25) is 18.1 Å². The average Bonchev–Trinajstić information content (AvgIpc) is 2.31.